The zero-order valence-corrected chi connectivity index (χ0v) is 19.8. The molecule has 1 saturated carbocycles. The van der Waals surface area contributed by atoms with Gasteiger partial charge in [0.15, 0.2) is 11.5 Å². The number of anilines is 2. The van der Waals surface area contributed by atoms with Crippen molar-refractivity contribution in [2.75, 3.05) is 57.5 Å². The molecule has 35 heavy (non-hydrogen) atoms. The van der Waals surface area contributed by atoms with Crippen LogP contribution in [-0.4, -0.2) is 75.8 Å². The number of nitrogens with two attached hydrogens (primary N) is 1. The molecule has 0 radical (unpaired) electrons. The Kier molecular flexibility index (Phi) is 6.74. The first-order chi connectivity index (χ1) is 17.0. The van der Waals surface area contributed by atoms with E-state index in [1.165, 1.54) is 12.3 Å². The number of rotatable bonds is 8. The van der Waals surface area contributed by atoms with E-state index in [1.54, 1.807) is 22.8 Å². The second kappa shape index (κ2) is 10.1. The number of allylic oxidation sites excluding steroid dienone is 2. The molecule has 1 aliphatic carbocycles. The van der Waals surface area contributed by atoms with Gasteiger partial charge in [-0.3, -0.25) is 9.47 Å². The maximum absolute atomic E-state index is 15.4. The summed E-state index contributed by atoms with van der Waals surface area (Å²) in [4.78, 5) is 18.0. The number of aromatic nitrogens is 4. The number of nitrogens with one attached hydrogen (secondary N) is 1. The van der Waals surface area contributed by atoms with Crippen LogP contribution in [0.2, 0.25) is 0 Å². The first-order valence-corrected chi connectivity index (χ1v) is 11.9. The van der Waals surface area contributed by atoms with E-state index in [0.29, 0.717) is 34.1 Å². The Hall–Kier alpha value is -3.37. The van der Waals surface area contributed by atoms with Crippen LogP contribution in [0, 0.1) is 5.82 Å². The standard InChI is InChI=1S/C25H30F2N8/c1-33-12-14-34(15-13-33)11-3-4-18(9-10-26)30-25-29-16-19-22(27)23(17-7-8-17)35(24(19)32-25)21-6-2-5-20(28)31-21/h2-6,9,16-17H,7-8,10-15H2,1H3,(H2,28,31)(H,29,30,32)/b4-3-,18-9+. The first kappa shape index (κ1) is 23.4. The predicted molar refractivity (Wildman–Crippen MR) is 134 cm³/mol. The highest BCUT2D eigenvalue weighted by Gasteiger charge is 2.34. The van der Waals surface area contributed by atoms with E-state index in [0.717, 1.165) is 45.6 Å². The molecule has 184 valence electrons. The molecule has 4 heterocycles. The molecule has 0 atom stereocenters. The van der Waals surface area contributed by atoms with Gasteiger partial charge in [-0.15, -0.1) is 0 Å². The Balaban J connectivity index is 1.42. The Morgan fingerprint density at radius 3 is 2.71 bits per heavy atom. The third-order valence-corrected chi connectivity index (χ3v) is 6.44. The van der Waals surface area contributed by atoms with Crippen molar-refractivity contribution in [3.8, 4) is 5.82 Å². The summed E-state index contributed by atoms with van der Waals surface area (Å²) in [5.74, 6) is 0.897. The lowest BCUT2D eigenvalue weighted by molar-refractivity contribution is 0.166. The van der Waals surface area contributed by atoms with Gasteiger partial charge in [-0.1, -0.05) is 12.1 Å². The smallest absolute Gasteiger partial charge is 0.229 e. The van der Waals surface area contributed by atoms with Crippen LogP contribution in [0.1, 0.15) is 24.5 Å². The van der Waals surface area contributed by atoms with Gasteiger partial charge in [-0.05, 0) is 44.2 Å². The molecule has 2 aliphatic rings. The van der Waals surface area contributed by atoms with Gasteiger partial charge in [-0.2, -0.15) is 4.98 Å². The van der Waals surface area contributed by atoms with E-state index < -0.39 is 6.67 Å². The SMILES string of the molecule is CN1CCN(C/C=C\C(=C/CF)Nc2ncc3c(F)c(C4CC4)n(-c4cccc(N)n4)c3n2)CC1. The van der Waals surface area contributed by atoms with Crippen molar-refractivity contribution in [2.24, 2.45) is 0 Å². The number of likely N-dealkylation sites (N-methyl/N-ethyl adjacent to an activating group) is 1. The van der Waals surface area contributed by atoms with Crippen molar-refractivity contribution in [3.63, 3.8) is 0 Å². The average molecular weight is 481 g/mol. The van der Waals surface area contributed by atoms with E-state index in [4.69, 9.17) is 5.73 Å². The number of nitrogens with zero attached hydrogens (tertiary/aromatic N) is 6. The summed E-state index contributed by atoms with van der Waals surface area (Å²) in [5, 5.41) is 3.41. The van der Waals surface area contributed by atoms with Crippen LogP contribution < -0.4 is 11.1 Å². The van der Waals surface area contributed by atoms with Crippen LogP contribution in [0.4, 0.5) is 20.5 Å². The van der Waals surface area contributed by atoms with Crippen LogP contribution in [0.15, 0.2) is 48.3 Å². The minimum absolute atomic E-state index is 0.114. The molecule has 10 heteroatoms. The van der Waals surface area contributed by atoms with E-state index in [1.807, 2.05) is 12.2 Å². The summed E-state index contributed by atoms with van der Waals surface area (Å²) < 4.78 is 30.3. The summed E-state index contributed by atoms with van der Waals surface area (Å²) in [6, 6.07) is 5.25. The van der Waals surface area contributed by atoms with Gasteiger partial charge < -0.3 is 16.0 Å². The third-order valence-electron chi connectivity index (χ3n) is 6.44. The van der Waals surface area contributed by atoms with Crippen LogP contribution >= 0.6 is 0 Å². The predicted octanol–water partition coefficient (Wildman–Crippen LogP) is 3.48. The van der Waals surface area contributed by atoms with Crippen LogP contribution in [0.5, 0.6) is 0 Å². The monoisotopic (exact) mass is 480 g/mol. The van der Waals surface area contributed by atoms with Gasteiger partial charge in [0.1, 0.15) is 18.3 Å². The lowest BCUT2D eigenvalue weighted by atomic mass is 10.2. The van der Waals surface area contributed by atoms with Crippen LogP contribution in [-0.2, 0) is 0 Å². The van der Waals surface area contributed by atoms with E-state index in [2.05, 4.69) is 37.1 Å². The van der Waals surface area contributed by atoms with E-state index in [9.17, 15) is 4.39 Å². The molecular formula is C25H30F2N8. The quantitative estimate of drug-likeness (QED) is 0.477. The van der Waals surface area contributed by atoms with Crippen molar-refractivity contribution in [3.05, 3.63) is 59.8 Å². The number of hydrogen-bond acceptors (Lipinski definition) is 7. The normalized spacial score (nSPS) is 18.1. The number of fused-ring (bicyclic) bond motifs is 1. The minimum Gasteiger partial charge on any atom is -0.384 e. The number of halogens is 2. The molecule has 5 rings (SSSR count). The number of alkyl halides is 1. The summed E-state index contributed by atoms with van der Waals surface area (Å²) in [5.41, 5.74) is 7.41. The maximum Gasteiger partial charge on any atom is 0.229 e. The van der Waals surface area contributed by atoms with Gasteiger partial charge in [0.05, 0.1) is 11.1 Å². The molecule has 1 saturated heterocycles. The van der Waals surface area contributed by atoms with Gasteiger partial charge in [0.2, 0.25) is 5.95 Å². The maximum atomic E-state index is 15.4. The Bertz CT molecular complexity index is 1260. The summed E-state index contributed by atoms with van der Waals surface area (Å²) in [7, 11) is 2.12. The zero-order valence-electron chi connectivity index (χ0n) is 19.8. The van der Waals surface area contributed by atoms with Crippen molar-refractivity contribution in [2.45, 2.75) is 18.8 Å². The highest BCUT2D eigenvalue weighted by atomic mass is 19.1. The Morgan fingerprint density at radius 2 is 2.00 bits per heavy atom. The summed E-state index contributed by atoms with van der Waals surface area (Å²) in [6.07, 6.45) is 8.56. The number of pyridine rings is 1. The van der Waals surface area contributed by atoms with Gasteiger partial charge in [0, 0.05) is 50.5 Å². The highest BCUT2D eigenvalue weighted by Crippen LogP contribution is 2.44. The fourth-order valence-corrected chi connectivity index (χ4v) is 4.36. The Labute approximate surface area is 203 Å². The summed E-state index contributed by atoms with van der Waals surface area (Å²) in [6.45, 7) is 4.22. The molecule has 1 aliphatic heterocycles. The lowest BCUT2D eigenvalue weighted by Gasteiger charge is -2.31. The highest BCUT2D eigenvalue weighted by molar-refractivity contribution is 5.81. The zero-order chi connectivity index (χ0) is 24.4. The van der Waals surface area contributed by atoms with Gasteiger partial charge >= 0.3 is 0 Å². The molecule has 8 nitrogen and oxygen atoms in total. The number of nitrogen functional groups attached to an aromatic ring is 1. The fourth-order valence-electron chi connectivity index (χ4n) is 4.36. The minimum atomic E-state index is -0.631. The molecule has 0 amide bonds. The molecule has 0 aromatic carbocycles. The number of hydrogen-bond donors (Lipinski definition) is 2. The molecule has 0 spiro atoms. The largest absolute Gasteiger partial charge is 0.384 e. The number of piperazine rings is 1. The molecular weight excluding hydrogens is 450 g/mol. The van der Waals surface area contributed by atoms with Crippen LogP contribution in [0.3, 0.4) is 0 Å². The molecule has 3 N–H and O–H groups in total. The summed E-state index contributed by atoms with van der Waals surface area (Å²) >= 11 is 0. The van der Waals surface area contributed by atoms with Crippen molar-refractivity contribution >= 4 is 22.8 Å². The average Bonchev–Trinajstić information content (AvgIpc) is 3.64. The molecule has 3 aromatic heterocycles. The van der Waals surface area contributed by atoms with E-state index in [-0.39, 0.29) is 17.7 Å². The Morgan fingerprint density at radius 1 is 1.20 bits per heavy atom. The van der Waals surface area contributed by atoms with Crippen molar-refractivity contribution in [1.29, 1.82) is 0 Å². The van der Waals surface area contributed by atoms with Crippen molar-refractivity contribution in [1.82, 2.24) is 29.3 Å². The second-order valence-electron chi connectivity index (χ2n) is 9.11. The topological polar surface area (TPSA) is 88.1 Å². The fraction of sp³-hybridized carbons (Fsp3) is 0.400. The molecule has 2 fully saturated rings. The van der Waals surface area contributed by atoms with Gasteiger partial charge in [0.25, 0.3) is 0 Å². The first-order valence-electron chi connectivity index (χ1n) is 11.9. The second-order valence-corrected chi connectivity index (χ2v) is 9.11. The van der Waals surface area contributed by atoms with E-state index >= 15 is 4.39 Å². The molecule has 0 unspecified atom stereocenters. The molecule has 0 bridgehead atoms. The van der Waals surface area contributed by atoms with Crippen LogP contribution in [0.25, 0.3) is 16.9 Å². The third kappa shape index (κ3) is 5.18. The lowest BCUT2D eigenvalue weighted by Crippen LogP contribution is -2.44. The molecule has 3 aromatic rings. The van der Waals surface area contributed by atoms with Gasteiger partial charge in [-0.25, -0.2) is 18.7 Å². The van der Waals surface area contributed by atoms with Crippen molar-refractivity contribution < 1.29 is 8.78 Å².